The number of hydrogen-bond donors (Lipinski definition) is 0. The van der Waals surface area contributed by atoms with Crippen LogP contribution >= 0.6 is 11.6 Å². The lowest BCUT2D eigenvalue weighted by Crippen LogP contribution is -2.20. The maximum absolute atomic E-state index is 12.4. The third-order valence-electron chi connectivity index (χ3n) is 3.09. The maximum Gasteiger partial charge on any atom is 0.409 e. The molecule has 0 atom stereocenters. The van der Waals surface area contributed by atoms with Gasteiger partial charge in [-0.15, -0.1) is 0 Å². The van der Waals surface area contributed by atoms with Crippen LogP contribution in [0.3, 0.4) is 0 Å². The second-order valence-corrected chi connectivity index (χ2v) is 4.56. The summed E-state index contributed by atoms with van der Waals surface area (Å²) in [7, 11) is 0. The van der Waals surface area contributed by atoms with Gasteiger partial charge in [0.05, 0.1) is 0 Å². The van der Waals surface area contributed by atoms with E-state index in [9.17, 15) is 14.4 Å². The highest BCUT2D eigenvalue weighted by molar-refractivity contribution is 6.61. The molecular weight excluding hydrogens is 280 g/mol. The first kappa shape index (κ1) is 12.6. The van der Waals surface area contributed by atoms with Gasteiger partial charge in [-0.1, -0.05) is 24.3 Å². The Bertz CT molecular complexity index is 764. The Balaban J connectivity index is 2.16. The van der Waals surface area contributed by atoms with Crippen LogP contribution in [0.5, 0.6) is 5.75 Å². The van der Waals surface area contributed by atoms with Gasteiger partial charge in [-0.25, -0.2) is 4.79 Å². The number of ketones is 2. The second-order valence-electron chi connectivity index (χ2n) is 4.25. The molecule has 0 aliphatic heterocycles. The van der Waals surface area contributed by atoms with Crippen molar-refractivity contribution in [2.75, 3.05) is 0 Å². The molecule has 0 fully saturated rings. The average molecular weight is 287 g/mol. The fourth-order valence-electron chi connectivity index (χ4n) is 2.23. The van der Waals surface area contributed by atoms with Crippen molar-refractivity contribution in [2.24, 2.45) is 0 Å². The molecule has 0 N–H and O–H groups in total. The zero-order chi connectivity index (χ0) is 14.3. The van der Waals surface area contributed by atoms with Gasteiger partial charge in [0.1, 0.15) is 5.75 Å². The Morgan fingerprint density at radius 3 is 2.00 bits per heavy atom. The molecule has 2 aromatic rings. The molecule has 4 nitrogen and oxygen atoms in total. The van der Waals surface area contributed by atoms with Gasteiger partial charge in [0.15, 0.2) is 11.6 Å². The molecule has 1 aliphatic rings. The van der Waals surface area contributed by atoms with Crippen LogP contribution < -0.4 is 4.74 Å². The predicted octanol–water partition coefficient (Wildman–Crippen LogP) is 3.20. The number of hydrogen-bond acceptors (Lipinski definition) is 4. The van der Waals surface area contributed by atoms with Crippen LogP contribution in [0.4, 0.5) is 4.79 Å². The van der Waals surface area contributed by atoms with Gasteiger partial charge < -0.3 is 4.74 Å². The Morgan fingerprint density at radius 2 is 1.40 bits per heavy atom. The molecule has 0 amide bonds. The molecule has 3 rings (SSSR count). The van der Waals surface area contributed by atoms with Crippen LogP contribution in [0.15, 0.2) is 42.5 Å². The summed E-state index contributed by atoms with van der Waals surface area (Å²) in [5, 5.41) is 0. The first-order valence-corrected chi connectivity index (χ1v) is 6.15. The van der Waals surface area contributed by atoms with E-state index in [0.29, 0.717) is 16.7 Å². The van der Waals surface area contributed by atoms with Gasteiger partial charge in [-0.3, -0.25) is 9.59 Å². The van der Waals surface area contributed by atoms with Crippen LogP contribution in [0, 0.1) is 0 Å². The molecule has 0 bridgehead atoms. The van der Waals surface area contributed by atoms with Crippen LogP contribution in [-0.2, 0) is 0 Å². The number of carbonyl (C=O) groups excluding carboxylic acids is 3. The first-order chi connectivity index (χ1) is 9.58. The van der Waals surface area contributed by atoms with Crippen molar-refractivity contribution in [1.29, 1.82) is 0 Å². The molecule has 0 saturated carbocycles. The molecular formula is C15H7ClO4. The van der Waals surface area contributed by atoms with E-state index in [0.717, 1.165) is 0 Å². The summed E-state index contributed by atoms with van der Waals surface area (Å²) in [6.07, 6.45) is 0. The lowest BCUT2D eigenvalue weighted by molar-refractivity contribution is 0.0979. The smallest absolute Gasteiger partial charge is 0.409 e. The van der Waals surface area contributed by atoms with E-state index in [4.69, 9.17) is 16.3 Å². The Morgan fingerprint density at radius 1 is 0.850 bits per heavy atom. The summed E-state index contributed by atoms with van der Waals surface area (Å²) in [5.41, 5.74) is 0.235. The minimum atomic E-state index is -1.00. The molecule has 0 spiro atoms. The topological polar surface area (TPSA) is 60.4 Å². The van der Waals surface area contributed by atoms with E-state index < -0.39 is 5.43 Å². The van der Waals surface area contributed by atoms with E-state index in [-0.39, 0.29) is 22.9 Å². The van der Waals surface area contributed by atoms with Crippen molar-refractivity contribution >= 4 is 28.6 Å². The molecule has 0 saturated heterocycles. The first-order valence-electron chi connectivity index (χ1n) is 5.77. The molecule has 98 valence electrons. The molecule has 0 aromatic heterocycles. The molecule has 1 aliphatic carbocycles. The van der Waals surface area contributed by atoms with Gasteiger partial charge in [-0.05, 0) is 18.2 Å². The molecule has 0 radical (unpaired) electrons. The van der Waals surface area contributed by atoms with Gasteiger partial charge in [-0.2, -0.15) is 0 Å². The van der Waals surface area contributed by atoms with Crippen molar-refractivity contribution in [2.45, 2.75) is 0 Å². The van der Waals surface area contributed by atoms with Crippen molar-refractivity contribution in [3.63, 3.8) is 0 Å². The second kappa shape index (κ2) is 4.58. The number of fused-ring (bicyclic) bond motifs is 2. The Kier molecular flexibility index (Phi) is 2.88. The highest BCUT2D eigenvalue weighted by Gasteiger charge is 2.29. The van der Waals surface area contributed by atoms with E-state index >= 15 is 0 Å². The van der Waals surface area contributed by atoms with E-state index in [1.54, 1.807) is 24.3 Å². The quantitative estimate of drug-likeness (QED) is 0.645. The molecule has 0 heterocycles. The number of ether oxygens (including phenoxy) is 1. The standard InChI is InChI=1S/C15H7ClO4/c16-15(19)20-8-5-6-11-12(7-8)14(18)10-4-2-1-3-9(10)13(11)17/h1-7H. The monoisotopic (exact) mass is 286 g/mol. The fourth-order valence-corrected chi connectivity index (χ4v) is 2.32. The number of carbonyl (C=O) groups is 3. The lowest BCUT2D eigenvalue weighted by atomic mass is 9.84. The fraction of sp³-hybridized carbons (Fsp3) is 0. The van der Waals surface area contributed by atoms with Crippen molar-refractivity contribution in [3.8, 4) is 5.75 Å². The van der Waals surface area contributed by atoms with Crippen LogP contribution in [0.1, 0.15) is 31.8 Å². The van der Waals surface area contributed by atoms with Gasteiger partial charge in [0, 0.05) is 33.9 Å². The summed E-state index contributed by atoms with van der Waals surface area (Å²) in [5.74, 6) is -0.370. The van der Waals surface area contributed by atoms with Crippen molar-refractivity contribution < 1.29 is 19.1 Å². The summed E-state index contributed by atoms with van der Waals surface area (Å²) in [6.45, 7) is 0. The summed E-state index contributed by atoms with van der Waals surface area (Å²) >= 11 is 5.13. The minimum absolute atomic E-state index is 0.129. The third-order valence-corrected chi connectivity index (χ3v) is 3.17. The Labute approximate surface area is 118 Å². The number of halogens is 1. The highest BCUT2D eigenvalue weighted by atomic mass is 35.5. The van der Waals surface area contributed by atoms with E-state index in [2.05, 4.69) is 0 Å². The number of benzene rings is 2. The summed E-state index contributed by atoms with van der Waals surface area (Å²) in [6, 6.07) is 10.9. The number of rotatable bonds is 1. The molecule has 5 heteroatoms. The van der Waals surface area contributed by atoms with Crippen LogP contribution in [0.2, 0.25) is 0 Å². The minimum Gasteiger partial charge on any atom is -0.414 e. The molecule has 20 heavy (non-hydrogen) atoms. The Hall–Kier alpha value is -2.46. The lowest BCUT2D eigenvalue weighted by Gasteiger charge is -2.17. The summed E-state index contributed by atoms with van der Waals surface area (Å²) < 4.78 is 4.71. The molecule has 0 unspecified atom stereocenters. The van der Waals surface area contributed by atoms with Crippen LogP contribution in [-0.4, -0.2) is 17.0 Å². The average Bonchev–Trinajstić information content (AvgIpc) is 2.44. The zero-order valence-corrected chi connectivity index (χ0v) is 10.8. The molecule has 2 aromatic carbocycles. The van der Waals surface area contributed by atoms with Gasteiger partial charge >= 0.3 is 5.43 Å². The van der Waals surface area contributed by atoms with Crippen LogP contribution in [0.25, 0.3) is 0 Å². The highest BCUT2D eigenvalue weighted by Crippen LogP contribution is 2.29. The largest absolute Gasteiger partial charge is 0.414 e. The van der Waals surface area contributed by atoms with E-state index in [1.807, 2.05) is 0 Å². The SMILES string of the molecule is O=C(Cl)Oc1ccc2c(c1)C(=O)c1ccccc1C2=O. The van der Waals surface area contributed by atoms with Gasteiger partial charge in [0.2, 0.25) is 0 Å². The predicted molar refractivity (Wildman–Crippen MR) is 71.6 cm³/mol. The summed E-state index contributed by atoms with van der Waals surface area (Å²) in [4.78, 5) is 35.4. The normalized spacial score (nSPS) is 12.7. The zero-order valence-electron chi connectivity index (χ0n) is 10.1. The maximum atomic E-state index is 12.4. The van der Waals surface area contributed by atoms with Crippen molar-refractivity contribution in [1.82, 2.24) is 0 Å². The third kappa shape index (κ3) is 1.90. The van der Waals surface area contributed by atoms with Gasteiger partial charge in [0.25, 0.3) is 0 Å². The van der Waals surface area contributed by atoms with Crippen molar-refractivity contribution in [3.05, 3.63) is 64.7 Å². The van der Waals surface area contributed by atoms with E-state index in [1.165, 1.54) is 18.2 Å².